The van der Waals surface area contributed by atoms with Gasteiger partial charge in [-0.3, -0.25) is 9.48 Å². The van der Waals surface area contributed by atoms with Crippen molar-refractivity contribution < 1.29 is 22.7 Å². The molecular weight excluding hydrogens is 508 g/mol. The molecule has 2 aliphatic rings. The molecule has 11 nitrogen and oxygen atoms in total. The lowest BCUT2D eigenvalue weighted by atomic mass is 10.0. The van der Waals surface area contributed by atoms with E-state index in [-0.39, 0.29) is 18.4 Å². The summed E-state index contributed by atoms with van der Waals surface area (Å²) >= 11 is 0. The number of rotatable bonds is 6. The predicted molar refractivity (Wildman–Crippen MR) is 141 cm³/mol. The molecule has 1 saturated carbocycles. The minimum atomic E-state index is -3.37. The highest BCUT2D eigenvalue weighted by Crippen LogP contribution is 2.41. The van der Waals surface area contributed by atoms with Gasteiger partial charge in [-0.15, -0.1) is 0 Å². The highest BCUT2D eigenvalue weighted by molar-refractivity contribution is 7.90. The molecule has 1 aliphatic carbocycles. The Morgan fingerprint density at radius 3 is 2.74 bits per heavy atom. The minimum Gasteiger partial charge on any atom is -0.495 e. The van der Waals surface area contributed by atoms with Crippen molar-refractivity contribution in [2.75, 3.05) is 25.3 Å². The Balaban J connectivity index is 1.45. The van der Waals surface area contributed by atoms with Crippen LogP contribution in [-0.4, -0.2) is 58.6 Å². The van der Waals surface area contributed by atoms with Crippen molar-refractivity contribution in [3.63, 3.8) is 0 Å². The maximum atomic E-state index is 12.5. The van der Waals surface area contributed by atoms with Crippen molar-refractivity contribution in [3.05, 3.63) is 42.5 Å². The SMILES string of the molecule is COc1c(-c2cn3c(n2)COCC[C@@H]3S(C)(=O)=O)cccc1-c1nn(C)c2cnc(NC(=O)C3CC3)cc12. The topological polar surface area (TPSA) is 130 Å². The first kappa shape index (κ1) is 24.6. The second-order valence-electron chi connectivity index (χ2n) is 9.78. The maximum Gasteiger partial charge on any atom is 0.228 e. The second kappa shape index (κ2) is 9.21. The van der Waals surface area contributed by atoms with Crippen molar-refractivity contribution >= 4 is 32.5 Å². The Bertz CT molecular complexity index is 1670. The van der Waals surface area contributed by atoms with Crippen molar-refractivity contribution in [2.24, 2.45) is 13.0 Å². The zero-order chi connectivity index (χ0) is 26.6. The van der Waals surface area contributed by atoms with Crippen LogP contribution in [0.4, 0.5) is 5.82 Å². The van der Waals surface area contributed by atoms with Crippen LogP contribution in [0.1, 0.15) is 30.5 Å². The lowest BCUT2D eigenvalue weighted by Gasteiger charge is -2.15. The van der Waals surface area contributed by atoms with E-state index in [1.165, 1.54) is 6.26 Å². The quantitative estimate of drug-likeness (QED) is 0.397. The highest BCUT2D eigenvalue weighted by Gasteiger charge is 2.31. The van der Waals surface area contributed by atoms with Gasteiger partial charge in [0.25, 0.3) is 0 Å². The number of nitrogens with zero attached hydrogens (tertiary/aromatic N) is 5. The first-order valence-electron chi connectivity index (χ1n) is 12.4. The number of carbonyl (C=O) groups excluding carboxylic acids is 1. The van der Waals surface area contributed by atoms with Crippen LogP contribution in [0.15, 0.2) is 36.7 Å². The summed E-state index contributed by atoms with van der Waals surface area (Å²) in [4.78, 5) is 21.5. The van der Waals surface area contributed by atoms with Gasteiger partial charge in [0.15, 0.2) is 9.84 Å². The third kappa shape index (κ3) is 4.33. The number of fused-ring (bicyclic) bond motifs is 2. The molecule has 0 bridgehead atoms. The molecular formula is C26H28N6O5S. The normalized spacial score (nSPS) is 17.7. The molecule has 38 heavy (non-hydrogen) atoms. The molecule has 12 heteroatoms. The fraction of sp³-hybridized carbons (Fsp3) is 0.385. The number of ether oxygens (including phenoxy) is 2. The standard InChI is InChI=1S/C26H28N6O5S/c1-31-20-12-27-21(29-26(33)15-7-8-15)11-18(20)24(30-31)17-6-4-5-16(25(17)36-2)19-13-32-22(28-19)14-37-10-9-23(32)38(3,34)35/h4-6,11-13,15,23H,7-10,14H2,1-3H3,(H,27,29,33)/t23-/m0/s1. The van der Waals surface area contributed by atoms with Gasteiger partial charge >= 0.3 is 0 Å². The third-order valence-corrected chi connectivity index (χ3v) is 8.49. The fourth-order valence-electron chi connectivity index (χ4n) is 4.96. The Hall–Kier alpha value is -3.77. The van der Waals surface area contributed by atoms with Crippen LogP contribution in [0.3, 0.4) is 0 Å². The number of carbonyl (C=O) groups is 1. The number of hydrogen-bond acceptors (Lipinski definition) is 8. The zero-order valence-electron chi connectivity index (χ0n) is 21.3. The minimum absolute atomic E-state index is 0.0159. The molecule has 4 heterocycles. The molecule has 1 fully saturated rings. The molecule has 0 spiro atoms. The van der Waals surface area contributed by atoms with E-state index in [1.807, 2.05) is 31.3 Å². The number of nitrogens with one attached hydrogen (secondary N) is 1. The summed E-state index contributed by atoms with van der Waals surface area (Å²) in [5.74, 6) is 1.63. The van der Waals surface area contributed by atoms with Gasteiger partial charge in [-0.05, 0) is 31.0 Å². The Kier molecular flexibility index (Phi) is 5.95. The van der Waals surface area contributed by atoms with Crippen LogP contribution in [-0.2, 0) is 33.0 Å². The molecule has 1 aromatic carbocycles. The van der Waals surface area contributed by atoms with Gasteiger partial charge in [-0.2, -0.15) is 5.10 Å². The van der Waals surface area contributed by atoms with E-state index < -0.39 is 15.2 Å². The lowest BCUT2D eigenvalue weighted by molar-refractivity contribution is -0.117. The van der Waals surface area contributed by atoms with Gasteiger partial charge in [0.05, 0.1) is 31.1 Å². The molecule has 3 aromatic heterocycles. The summed E-state index contributed by atoms with van der Waals surface area (Å²) in [6.07, 6.45) is 6.85. The van der Waals surface area contributed by atoms with Gasteiger partial charge in [0.1, 0.15) is 35.1 Å². The van der Waals surface area contributed by atoms with E-state index in [0.717, 1.165) is 29.3 Å². The number of sulfone groups is 1. The number of imidazole rings is 1. The first-order valence-corrected chi connectivity index (χ1v) is 14.4. The van der Waals surface area contributed by atoms with Crippen LogP contribution < -0.4 is 10.1 Å². The number of pyridine rings is 1. The van der Waals surface area contributed by atoms with Crippen LogP contribution in [0.2, 0.25) is 0 Å². The van der Waals surface area contributed by atoms with Gasteiger partial charge in [0.2, 0.25) is 5.91 Å². The van der Waals surface area contributed by atoms with E-state index in [4.69, 9.17) is 19.6 Å². The summed E-state index contributed by atoms with van der Waals surface area (Å²) in [7, 11) is 0.0493. The smallest absolute Gasteiger partial charge is 0.228 e. The monoisotopic (exact) mass is 536 g/mol. The fourth-order valence-corrected chi connectivity index (χ4v) is 6.08. The molecule has 1 N–H and O–H groups in total. The Morgan fingerprint density at radius 2 is 2.00 bits per heavy atom. The van der Waals surface area contributed by atoms with E-state index >= 15 is 0 Å². The molecule has 0 radical (unpaired) electrons. The number of methoxy groups -OCH3 is 1. The predicted octanol–water partition coefficient (Wildman–Crippen LogP) is 3.32. The van der Waals surface area contributed by atoms with Crippen molar-refractivity contribution in [1.82, 2.24) is 24.3 Å². The van der Waals surface area contributed by atoms with E-state index in [0.29, 0.717) is 47.4 Å². The molecule has 6 rings (SSSR count). The number of amides is 1. The molecule has 4 aromatic rings. The average Bonchev–Trinajstić information content (AvgIpc) is 3.63. The van der Waals surface area contributed by atoms with Crippen molar-refractivity contribution in [3.8, 4) is 28.3 Å². The van der Waals surface area contributed by atoms with E-state index in [1.54, 1.807) is 28.8 Å². The van der Waals surface area contributed by atoms with Gasteiger partial charge in [-0.1, -0.05) is 6.07 Å². The third-order valence-electron chi connectivity index (χ3n) is 7.04. The molecule has 198 valence electrons. The van der Waals surface area contributed by atoms with Crippen LogP contribution >= 0.6 is 0 Å². The lowest BCUT2D eigenvalue weighted by Crippen LogP contribution is -2.19. The van der Waals surface area contributed by atoms with Crippen LogP contribution in [0.25, 0.3) is 33.4 Å². The highest BCUT2D eigenvalue weighted by atomic mass is 32.2. The van der Waals surface area contributed by atoms with Crippen LogP contribution in [0, 0.1) is 5.92 Å². The summed E-state index contributed by atoms with van der Waals surface area (Å²) in [6.45, 7) is 0.571. The number of anilines is 1. The molecule has 0 saturated heterocycles. The first-order chi connectivity index (χ1) is 18.2. The van der Waals surface area contributed by atoms with E-state index in [2.05, 4.69) is 10.3 Å². The van der Waals surface area contributed by atoms with Crippen molar-refractivity contribution in [1.29, 1.82) is 0 Å². The van der Waals surface area contributed by atoms with Crippen LogP contribution in [0.5, 0.6) is 5.75 Å². The average molecular weight is 537 g/mol. The number of hydrogen-bond donors (Lipinski definition) is 1. The maximum absolute atomic E-state index is 12.5. The molecule has 1 amide bonds. The molecule has 0 unspecified atom stereocenters. The second-order valence-corrected chi connectivity index (χ2v) is 12.0. The van der Waals surface area contributed by atoms with Gasteiger partial charge < -0.3 is 19.4 Å². The molecule has 1 atom stereocenters. The number of benzene rings is 1. The Morgan fingerprint density at radius 1 is 1.21 bits per heavy atom. The zero-order valence-corrected chi connectivity index (χ0v) is 22.2. The number of para-hydroxylation sites is 1. The van der Waals surface area contributed by atoms with Gasteiger partial charge in [-0.25, -0.2) is 18.4 Å². The van der Waals surface area contributed by atoms with Gasteiger partial charge in [0, 0.05) is 48.4 Å². The Labute approximate surface area is 219 Å². The summed E-state index contributed by atoms with van der Waals surface area (Å²) in [6, 6.07) is 7.52. The van der Waals surface area contributed by atoms with Crippen molar-refractivity contribution in [2.45, 2.75) is 31.2 Å². The van der Waals surface area contributed by atoms with E-state index in [9.17, 15) is 13.2 Å². The number of aryl methyl sites for hydroxylation is 1. The molecule has 1 aliphatic heterocycles. The largest absolute Gasteiger partial charge is 0.495 e. The summed E-state index contributed by atoms with van der Waals surface area (Å²) < 4.78 is 40.0. The number of aromatic nitrogens is 5. The summed E-state index contributed by atoms with van der Waals surface area (Å²) in [5, 5.41) is 7.73. The summed E-state index contributed by atoms with van der Waals surface area (Å²) in [5.41, 5.74) is 3.49.